The smallest absolute Gasteiger partial charge is 0.243 e. The fraction of sp³-hybridized carbons (Fsp3) is 0.833. The van der Waals surface area contributed by atoms with Crippen molar-refractivity contribution < 1.29 is 4.79 Å². The number of hydrogen-bond acceptors (Lipinski definition) is 2. The Bertz CT molecular complexity index is 295. The van der Waals surface area contributed by atoms with E-state index in [0.717, 1.165) is 32.1 Å². The molecule has 2 saturated carbocycles. The Labute approximate surface area is 91.1 Å². The first-order chi connectivity index (χ1) is 7.19. The first-order valence-corrected chi connectivity index (χ1v) is 5.88. The van der Waals surface area contributed by atoms with E-state index < -0.39 is 5.41 Å². The maximum absolute atomic E-state index is 12.2. The number of hydrogen-bond donors (Lipinski definition) is 0. The minimum atomic E-state index is -0.655. The molecule has 2 aliphatic rings. The largest absolute Gasteiger partial charge is 0.341 e. The molecule has 0 aromatic rings. The summed E-state index contributed by atoms with van der Waals surface area (Å²) in [5.41, 5.74) is -0.655. The van der Waals surface area contributed by atoms with E-state index in [9.17, 15) is 4.79 Å². The molecule has 3 heteroatoms. The molecule has 15 heavy (non-hydrogen) atoms. The summed E-state index contributed by atoms with van der Waals surface area (Å²) in [7, 11) is 1.87. The number of amides is 1. The standard InChI is InChI=1S/C12H18N2O/c1-14(10-5-2-3-6-10)11(15)12(9-13)7-4-8-12/h10H,2-8H2,1H3. The number of carbonyl (C=O) groups is 1. The lowest BCUT2D eigenvalue weighted by molar-refractivity contribution is -0.143. The topological polar surface area (TPSA) is 44.1 Å². The maximum Gasteiger partial charge on any atom is 0.243 e. The summed E-state index contributed by atoms with van der Waals surface area (Å²) in [5.74, 6) is 0.0724. The van der Waals surface area contributed by atoms with Gasteiger partial charge in [-0.1, -0.05) is 12.8 Å². The van der Waals surface area contributed by atoms with Crippen molar-refractivity contribution in [3.8, 4) is 6.07 Å². The van der Waals surface area contributed by atoms with Gasteiger partial charge in [-0.25, -0.2) is 0 Å². The van der Waals surface area contributed by atoms with E-state index >= 15 is 0 Å². The normalized spacial score (nSPS) is 24.3. The van der Waals surface area contributed by atoms with Crippen molar-refractivity contribution in [1.29, 1.82) is 5.26 Å². The van der Waals surface area contributed by atoms with Crippen LogP contribution in [0.3, 0.4) is 0 Å². The zero-order valence-electron chi connectivity index (χ0n) is 9.33. The van der Waals surface area contributed by atoms with Crippen molar-refractivity contribution in [2.24, 2.45) is 5.41 Å². The molecule has 2 aliphatic carbocycles. The fourth-order valence-electron chi connectivity index (χ4n) is 2.70. The van der Waals surface area contributed by atoms with Crippen LogP contribution in [0.25, 0.3) is 0 Å². The summed E-state index contributed by atoms with van der Waals surface area (Å²) in [4.78, 5) is 14.0. The van der Waals surface area contributed by atoms with Crippen molar-refractivity contribution >= 4 is 5.91 Å². The van der Waals surface area contributed by atoms with E-state index in [1.165, 1.54) is 12.8 Å². The lowest BCUT2D eigenvalue weighted by atomic mass is 9.69. The molecule has 0 aliphatic heterocycles. The average molecular weight is 206 g/mol. The van der Waals surface area contributed by atoms with E-state index in [1.807, 2.05) is 11.9 Å². The van der Waals surface area contributed by atoms with Crippen molar-refractivity contribution in [2.75, 3.05) is 7.05 Å². The number of rotatable bonds is 2. The van der Waals surface area contributed by atoms with Gasteiger partial charge in [0.2, 0.25) is 5.91 Å². The maximum atomic E-state index is 12.2. The lowest BCUT2D eigenvalue weighted by Crippen LogP contribution is -2.48. The van der Waals surface area contributed by atoms with Crippen molar-refractivity contribution in [3.63, 3.8) is 0 Å². The van der Waals surface area contributed by atoms with E-state index in [0.29, 0.717) is 6.04 Å². The Morgan fingerprint density at radius 1 is 1.33 bits per heavy atom. The summed E-state index contributed by atoms with van der Waals surface area (Å²) in [6, 6.07) is 2.62. The highest BCUT2D eigenvalue weighted by atomic mass is 16.2. The van der Waals surface area contributed by atoms with Crippen LogP contribution in [0.15, 0.2) is 0 Å². The second kappa shape index (κ2) is 3.84. The predicted molar refractivity (Wildman–Crippen MR) is 56.9 cm³/mol. The van der Waals surface area contributed by atoms with E-state index in [-0.39, 0.29) is 5.91 Å². The summed E-state index contributed by atoms with van der Waals surface area (Å²) < 4.78 is 0. The summed E-state index contributed by atoms with van der Waals surface area (Å²) in [5, 5.41) is 9.10. The quantitative estimate of drug-likeness (QED) is 0.694. The predicted octanol–water partition coefficient (Wildman–Crippen LogP) is 2.08. The third-order valence-corrected chi connectivity index (χ3v) is 4.02. The van der Waals surface area contributed by atoms with Crippen LogP contribution in [0.4, 0.5) is 0 Å². The Balaban J connectivity index is 2.03. The fourth-order valence-corrected chi connectivity index (χ4v) is 2.70. The molecule has 0 heterocycles. The Morgan fingerprint density at radius 3 is 2.33 bits per heavy atom. The van der Waals surface area contributed by atoms with Crippen LogP contribution in [-0.2, 0) is 4.79 Å². The van der Waals surface area contributed by atoms with Gasteiger partial charge in [-0.05, 0) is 32.1 Å². The van der Waals surface area contributed by atoms with Crippen LogP contribution < -0.4 is 0 Å². The van der Waals surface area contributed by atoms with E-state index in [4.69, 9.17) is 5.26 Å². The third kappa shape index (κ3) is 1.62. The van der Waals surface area contributed by atoms with Crippen molar-refractivity contribution in [3.05, 3.63) is 0 Å². The number of carbonyl (C=O) groups excluding carboxylic acids is 1. The second-order valence-corrected chi connectivity index (χ2v) is 4.90. The van der Waals surface area contributed by atoms with Gasteiger partial charge in [-0.15, -0.1) is 0 Å². The van der Waals surface area contributed by atoms with E-state index in [2.05, 4.69) is 6.07 Å². The van der Waals surface area contributed by atoms with Gasteiger partial charge in [0.25, 0.3) is 0 Å². The van der Waals surface area contributed by atoms with Crippen molar-refractivity contribution in [1.82, 2.24) is 4.90 Å². The molecule has 0 saturated heterocycles. The first kappa shape index (κ1) is 10.5. The first-order valence-electron chi connectivity index (χ1n) is 5.88. The van der Waals surface area contributed by atoms with Crippen LogP contribution in [-0.4, -0.2) is 23.9 Å². The molecule has 0 unspecified atom stereocenters. The Morgan fingerprint density at radius 2 is 1.93 bits per heavy atom. The van der Waals surface area contributed by atoms with Crippen LogP contribution in [0.2, 0.25) is 0 Å². The molecule has 2 rings (SSSR count). The van der Waals surface area contributed by atoms with Gasteiger partial charge in [-0.3, -0.25) is 4.79 Å². The monoisotopic (exact) mass is 206 g/mol. The molecule has 0 aromatic heterocycles. The molecule has 0 aromatic carbocycles. The molecule has 0 radical (unpaired) electrons. The van der Waals surface area contributed by atoms with Crippen molar-refractivity contribution in [2.45, 2.75) is 51.0 Å². The highest BCUT2D eigenvalue weighted by Crippen LogP contribution is 2.42. The molecule has 2 fully saturated rings. The molecule has 3 nitrogen and oxygen atoms in total. The highest BCUT2D eigenvalue weighted by molar-refractivity contribution is 5.86. The van der Waals surface area contributed by atoms with Gasteiger partial charge in [0, 0.05) is 13.1 Å². The second-order valence-electron chi connectivity index (χ2n) is 4.90. The minimum absolute atomic E-state index is 0.0724. The molecule has 0 bridgehead atoms. The minimum Gasteiger partial charge on any atom is -0.341 e. The molecule has 1 amide bonds. The number of nitriles is 1. The molecule has 0 atom stereocenters. The number of nitrogens with zero attached hydrogens (tertiary/aromatic N) is 2. The molecular weight excluding hydrogens is 188 g/mol. The van der Waals surface area contributed by atoms with Gasteiger partial charge in [-0.2, -0.15) is 5.26 Å². The Kier molecular flexibility index (Phi) is 2.68. The SMILES string of the molecule is CN(C(=O)C1(C#N)CCC1)C1CCCC1. The molecule has 0 spiro atoms. The van der Waals surface area contributed by atoms with E-state index in [1.54, 1.807) is 0 Å². The van der Waals surface area contributed by atoms with Crippen LogP contribution >= 0.6 is 0 Å². The average Bonchev–Trinajstić information content (AvgIpc) is 2.68. The summed E-state index contributed by atoms with van der Waals surface area (Å²) in [6.07, 6.45) is 7.23. The molecule has 82 valence electrons. The molecular formula is C12H18N2O. The van der Waals surface area contributed by atoms with Crippen LogP contribution in [0, 0.1) is 16.7 Å². The van der Waals surface area contributed by atoms with Crippen LogP contribution in [0.1, 0.15) is 44.9 Å². The molecule has 0 N–H and O–H groups in total. The van der Waals surface area contributed by atoms with Gasteiger partial charge in [0.05, 0.1) is 6.07 Å². The lowest BCUT2D eigenvalue weighted by Gasteiger charge is -2.38. The van der Waals surface area contributed by atoms with Gasteiger partial charge < -0.3 is 4.90 Å². The Hall–Kier alpha value is -1.04. The highest BCUT2D eigenvalue weighted by Gasteiger charge is 2.47. The zero-order chi connectivity index (χ0) is 10.9. The summed E-state index contributed by atoms with van der Waals surface area (Å²) in [6.45, 7) is 0. The van der Waals surface area contributed by atoms with Crippen LogP contribution in [0.5, 0.6) is 0 Å². The van der Waals surface area contributed by atoms with Gasteiger partial charge >= 0.3 is 0 Å². The summed E-state index contributed by atoms with van der Waals surface area (Å²) >= 11 is 0. The van der Waals surface area contributed by atoms with Gasteiger partial charge in [0.1, 0.15) is 5.41 Å². The van der Waals surface area contributed by atoms with Gasteiger partial charge in [0.15, 0.2) is 0 Å². The third-order valence-electron chi connectivity index (χ3n) is 4.02. The zero-order valence-corrected chi connectivity index (χ0v) is 9.33.